The number of carbonyl (C=O) groups is 1. The van der Waals surface area contributed by atoms with Gasteiger partial charge in [-0.3, -0.25) is 10.1 Å². The minimum Gasteiger partial charge on any atom is -0.361 e. The lowest BCUT2D eigenvalue weighted by Crippen LogP contribution is -2.12. The third kappa shape index (κ3) is 4.80. The number of aromatic nitrogens is 2. The van der Waals surface area contributed by atoms with Crippen molar-refractivity contribution in [3.63, 3.8) is 0 Å². The molecular formula is C23H21N3O2S2. The molecule has 4 rings (SSSR count). The Morgan fingerprint density at radius 2 is 1.87 bits per heavy atom. The highest BCUT2D eigenvalue weighted by atomic mass is 32.2. The number of anilines is 1. The molecule has 2 aromatic carbocycles. The number of thiazole rings is 1. The first-order valence-electron chi connectivity index (χ1n) is 9.53. The van der Waals surface area contributed by atoms with Crippen molar-refractivity contribution in [3.8, 4) is 0 Å². The summed E-state index contributed by atoms with van der Waals surface area (Å²) in [6, 6.07) is 17.8. The largest absolute Gasteiger partial charge is 0.361 e. The van der Waals surface area contributed by atoms with Gasteiger partial charge in [-0.15, -0.1) is 23.1 Å². The number of hydrogen-bond acceptors (Lipinski definition) is 6. The number of nitrogens with zero attached hydrogens (tertiary/aromatic N) is 2. The molecule has 4 aromatic rings. The molecule has 0 bridgehead atoms. The summed E-state index contributed by atoms with van der Waals surface area (Å²) in [6.07, 6.45) is 2.63. The molecule has 1 N–H and O–H groups in total. The van der Waals surface area contributed by atoms with Gasteiger partial charge >= 0.3 is 0 Å². The van der Waals surface area contributed by atoms with Gasteiger partial charge in [-0.2, -0.15) is 0 Å². The monoisotopic (exact) mass is 435 g/mol. The fourth-order valence-electron chi connectivity index (χ4n) is 3.05. The topological polar surface area (TPSA) is 68.0 Å². The van der Waals surface area contributed by atoms with Gasteiger partial charge in [0.15, 0.2) is 5.13 Å². The Kier molecular flexibility index (Phi) is 6.30. The number of hydrogen-bond donors (Lipinski definition) is 1. The molecule has 7 heteroatoms. The zero-order valence-electron chi connectivity index (χ0n) is 16.7. The maximum atomic E-state index is 12.9. The SMILES string of the molecule is Cc1noc(C)c1CSc1ccccc1C(=O)Nc1ncc(Cc2ccccc2)s1. The van der Waals surface area contributed by atoms with Crippen molar-refractivity contribution in [2.24, 2.45) is 0 Å². The van der Waals surface area contributed by atoms with Gasteiger partial charge in [-0.25, -0.2) is 4.98 Å². The quantitative estimate of drug-likeness (QED) is 0.367. The maximum Gasteiger partial charge on any atom is 0.258 e. The van der Waals surface area contributed by atoms with E-state index in [0.717, 1.165) is 33.2 Å². The minimum absolute atomic E-state index is 0.155. The molecule has 0 aliphatic rings. The molecule has 2 heterocycles. The first kappa shape index (κ1) is 20.4. The van der Waals surface area contributed by atoms with E-state index in [4.69, 9.17) is 4.52 Å². The molecule has 2 aromatic heterocycles. The number of aryl methyl sites for hydroxylation is 2. The van der Waals surface area contributed by atoms with Gasteiger partial charge in [0.1, 0.15) is 5.76 Å². The van der Waals surface area contributed by atoms with Crippen LogP contribution in [0.25, 0.3) is 0 Å². The van der Waals surface area contributed by atoms with Crippen molar-refractivity contribution < 1.29 is 9.32 Å². The molecule has 0 spiro atoms. The van der Waals surface area contributed by atoms with Crippen LogP contribution in [0.4, 0.5) is 5.13 Å². The van der Waals surface area contributed by atoms with Gasteiger partial charge in [-0.1, -0.05) is 47.6 Å². The smallest absolute Gasteiger partial charge is 0.258 e. The summed E-state index contributed by atoms with van der Waals surface area (Å²) in [5.41, 5.74) is 3.81. The molecule has 0 aliphatic heterocycles. The number of carbonyl (C=O) groups excluding carboxylic acids is 1. The van der Waals surface area contributed by atoms with Crippen LogP contribution in [-0.2, 0) is 12.2 Å². The second-order valence-corrected chi connectivity index (χ2v) is 8.97. The average Bonchev–Trinajstić information content (AvgIpc) is 3.33. The van der Waals surface area contributed by atoms with Crippen molar-refractivity contribution >= 4 is 34.1 Å². The Balaban J connectivity index is 1.44. The van der Waals surface area contributed by atoms with E-state index >= 15 is 0 Å². The maximum absolute atomic E-state index is 12.9. The lowest BCUT2D eigenvalue weighted by molar-refractivity contribution is 0.102. The van der Waals surface area contributed by atoms with Crippen LogP contribution >= 0.6 is 23.1 Å². The van der Waals surface area contributed by atoms with Gasteiger partial charge in [0, 0.05) is 33.7 Å². The first-order valence-corrected chi connectivity index (χ1v) is 11.3. The predicted octanol–water partition coefficient (Wildman–Crippen LogP) is 5.88. The highest BCUT2D eigenvalue weighted by molar-refractivity contribution is 7.98. The van der Waals surface area contributed by atoms with E-state index in [-0.39, 0.29) is 5.91 Å². The summed E-state index contributed by atoms with van der Waals surface area (Å²) in [7, 11) is 0. The second kappa shape index (κ2) is 9.28. The first-order chi connectivity index (χ1) is 14.6. The van der Waals surface area contributed by atoms with E-state index in [0.29, 0.717) is 16.4 Å². The molecule has 5 nitrogen and oxygen atoms in total. The molecular weight excluding hydrogens is 414 g/mol. The molecule has 0 saturated heterocycles. The number of rotatable bonds is 7. The average molecular weight is 436 g/mol. The molecule has 0 unspecified atom stereocenters. The molecule has 0 fully saturated rings. The van der Waals surface area contributed by atoms with Gasteiger partial charge < -0.3 is 4.52 Å². The highest BCUT2D eigenvalue weighted by Crippen LogP contribution is 2.30. The van der Waals surface area contributed by atoms with Crippen LogP contribution in [0.3, 0.4) is 0 Å². The Morgan fingerprint density at radius 3 is 2.63 bits per heavy atom. The summed E-state index contributed by atoms with van der Waals surface area (Å²) in [4.78, 5) is 19.3. The Morgan fingerprint density at radius 1 is 1.10 bits per heavy atom. The highest BCUT2D eigenvalue weighted by Gasteiger charge is 2.16. The zero-order chi connectivity index (χ0) is 20.9. The number of thioether (sulfide) groups is 1. The third-order valence-corrected chi connectivity index (χ3v) is 6.69. The van der Waals surface area contributed by atoms with Gasteiger partial charge in [0.25, 0.3) is 5.91 Å². The van der Waals surface area contributed by atoms with Crippen LogP contribution in [0.5, 0.6) is 0 Å². The van der Waals surface area contributed by atoms with E-state index in [1.54, 1.807) is 11.8 Å². The van der Waals surface area contributed by atoms with Crippen molar-refractivity contribution in [2.45, 2.75) is 30.9 Å². The van der Waals surface area contributed by atoms with Crippen LogP contribution in [0.15, 0.2) is 70.2 Å². The molecule has 0 saturated carbocycles. The van der Waals surface area contributed by atoms with Crippen molar-refractivity contribution in [1.82, 2.24) is 10.1 Å². The van der Waals surface area contributed by atoms with E-state index in [1.165, 1.54) is 16.9 Å². The van der Waals surface area contributed by atoms with Crippen LogP contribution in [-0.4, -0.2) is 16.0 Å². The van der Waals surface area contributed by atoms with Gasteiger partial charge in [0.2, 0.25) is 0 Å². The number of benzene rings is 2. The summed E-state index contributed by atoms with van der Waals surface area (Å²) < 4.78 is 5.24. The number of nitrogens with one attached hydrogen (secondary N) is 1. The van der Waals surface area contributed by atoms with E-state index < -0.39 is 0 Å². The fraction of sp³-hybridized carbons (Fsp3) is 0.174. The number of amides is 1. The Bertz CT molecular complexity index is 1130. The fourth-order valence-corrected chi connectivity index (χ4v) is 5.09. The van der Waals surface area contributed by atoms with Crippen LogP contribution in [0.1, 0.15) is 37.8 Å². The van der Waals surface area contributed by atoms with Gasteiger partial charge in [-0.05, 0) is 31.5 Å². The van der Waals surface area contributed by atoms with Crippen molar-refractivity contribution in [2.75, 3.05) is 5.32 Å². The molecule has 0 aliphatic carbocycles. The standard InChI is InChI=1S/C23H21N3O2S2/c1-15-20(16(2)28-26-15)14-29-21-11-7-6-10-19(21)22(27)25-23-24-13-18(30-23)12-17-8-4-3-5-9-17/h3-11,13H,12,14H2,1-2H3,(H,24,25,27). The third-order valence-electron chi connectivity index (χ3n) is 4.68. The summed E-state index contributed by atoms with van der Waals surface area (Å²) in [5, 5.41) is 7.55. The molecule has 30 heavy (non-hydrogen) atoms. The summed E-state index contributed by atoms with van der Waals surface area (Å²) in [6.45, 7) is 3.84. The van der Waals surface area contributed by atoms with Crippen molar-refractivity contribution in [3.05, 3.63) is 93.8 Å². The van der Waals surface area contributed by atoms with Crippen LogP contribution < -0.4 is 5.32 Å². The molecule has 1 amide bonds. The predicted molar refractivity (Wildman–Crippen MR) is 121 cm³/mol. The summed E-state index contributed by atoms with van der Waals surface area (Å²) >= 11 is 3.10. The van der Waals surface area contributed by atoms with Crippen LogP contribution in [0.2, 0.25) is 0 Å². The molecule has 152 valence electrons. The normalized spacial score (nSPS) is 10.9. The molecule has 0 atom stereocenters. The Hall–Kier alpha value is -2.90. The Labute approximate surface area is 183 Å². The lowest BCUT2D eigenvalue weighted by atomic mass is 10.1. The lowest BCUT2D eigenvalue weighted by Gasteiger charge is -2.08. The van der Waals surface area contributed by atoms with Gasteiger partial charge in [0.05, 0.1) is 11.3 Å². The van der Waals surface area contributed by atoms with Crippen LogP contribution in [0, 0.1) is 13.8 Å². The zero-order valence-corrected chi connectivity index (χ0v) is 18.3. The molecule has 0 radical (unpaired) electrons. The second-order valence-electron chi connectivity index (χ2n) is 6.84. The van der Waals surface area contributed by atoms with Crippen molar-refractivity contribution in [1.29, 1.82) is 0 Å². The van der Waals surface area contributed by atoms with E-state index in [2.05, 4.69) is 27.6 Å². The van der Waals surface area contributed by atoms with E-state index in [9.17, 15) is 4.79 Å². The summed E-state index contributed by atoms with van der Waals surface area (Å²) in [5.74, 6) is 1.36. The minimum atomic E-state index is -0.155. The van der Waals surface area contributed by atoms with E-state index in [1.807, 2.05) is 62.5 Å².